The Morgan fingerprint density at radius 1 is 0.957 bits per heavy atom. The van der Waals surface area contributed by atoms with Gasteiger partial charge in [0.1, 0.15) is 5.82 Å². The number of fused-ring (bicyclic) bond motifs is 1. The number of nitrogens with zero attached hydrogens (tertiary/aromatic N) is 4. The van der Waals surface area contributed by atoms with Crippen LogP contribution >= 0.6 is 0 Å². The van der Waals surface area contributed by atoms with Gasteiger partial charge in [0.25, 0.3) is 0 Å². The van der Waals surface area contributed by atoms with Crippen LogP contribution in [-0.4, -0.2) is 49.4 Å². The summed E-state index contributed by atoms with van der Waals surface area (Å²) in [4.78, 5) is 14.5. The Bertz CT molecular complexity index is 676. The molecular formula is C18H24N4O. The van der Waals surface area contributed by atoms with E-state index in [9.17, 15) is 0 Å². The highest BCUT2D eigenvalue weighted by atomic mass is 16.5. The van der Waals surface area contributed by atoms with Crippen LogP contribution < -0.4 is 9.80 Å². The second kappa shape index (κ2) is 6.32. The summed E-state index contributed by atoms with van der Waals surface area (Å²) in [5.41, 5.74) is 1.04. The number of morpholine rings is 1. The number of aromatic nitrogens is 2. The summed E-state index contributed by atoms with van der Waals surface area (Å²) in [6, 6.07) is 8.34. The van der Waals surface area contributed by atoms with E-state index in [4.69, 9.17) is 14.7 Å². The second-order valence-corrected chi connectivity index (χ2v) is 6.63. The van der Waals surface area contributed by atoms with E-state index in [1.54, 1.807) is 0 Å². The highest BCUT2D eigenvalue weighted by Gasteiger charge is 2.22. The quantitative estimate of drug-likeness (QED) is 0.853. The van der Waals surface area contributed by atoms with Gasteiger partial charge in [0.2, 0.25) is 5.95 Å². The lowest BCUT2D eigenvalue weighted by Crippen LogP contribution is -2.38. The molecule has 3 heterocycles. The molecule has 2 aromatic rings. The lowest BCUT2D eigenvalue weighted by atomic mass is 10.00. The second-order valence-electron chi connectivity index (χ2n) is 6.63. The minimum Gasteiger partial charge on any atom is -0.378 e. The van der Waals surface area contributed by atoms with Crippen molar-refractivity contribution < 1.29 is 4.74 Å². The first-order valence-corrected chi connectivity index (χ1v) is 8.66. The smallest absolute Gasteiger partial charge is 0.227 e. The van der Waals surface area contributed by atoms with E-state index in [1.807, 2.05) is 0 Å². The number of para-hydroxylation sites is 1. The Labute approximate surface area is 137 Å². The molecule has 0 aliphatic carbocycles. The van der Waals surface area contributed by atoms with Crippen LogP contribution in [-0.2, 0) is 4.74 Å². The fourth-order valence-corrected chi connectivity index (χ4v) is 3.41. The molecule has 2 fully saturated rings. The Morgan fingerprint density at radius 2 is 1.70 bits per heavy atom. The van der Waals surface area contributed by atoms with Gasteiger partial charge in [-0.2, -0.15) is 4.98 Å². The summed E-state index contributed by atoms with van der Waals surface area (Å²) in [5, 5.41) is 1.14. The highest BCUT2D eigenvalue weighted by Crippen LogP contribution is 2.28. The molecule has 2 aliphatic heterocycles. The van der Waals surface area contributed by atoms with E-state index in [1.165, 1.54) is 12.8 Å². The van der Waals surface area contributed by atoms with Crippen LogP contribution in [0.1, 0.15) is 19.8 Å². The molecule has 1 aromatic heterocycles. The van der Waals surface area contributed by atoms with E-state index in [0.29, 0.717) is 0 Å². The van der Waals surface area contributed by atoms with Gasteiger partial charge >= 0.3 is 0 Å². The van der Waals surface area contributed by atoms with Crippen molar-refractivity contribution in [2.45, 2.75) is 19.8 Å². The molecule has 0 N–H and O–H groups in total. The highest BCUT2D eigenvalue weighted by molar-refractivity contribution is 5.90. The van der Waals surface area contributed by atoms with E-state index < -0.39 is 0 Å². The SMILES string of the molecule is CC1CCN(c2nc(N3CCOCC3)c3ccccc3n2)CC1. The molecule has 0 unspecified atom stereocenters. The molecule has 5 heteroatoms. The van der Waals surface area contributed by atoms with Gasteiger partial charge in [-0.25, -0.2) is 4.98 Å². The first kappa shape index (κ1) is 14.7. The van der Waals surface area contributed by atoms with Crippen molar-refractivity contribution in [1.82, 2.24) is 9.97 Å². The van der Waals surface area contributed by atoms with Crippen LogP contribution in [0, 0.1) is 5.92 Å². The van der Waals surface area contributed by atoms with Crippen LogP contribution in [0.15, 0.2) is 24.3 Å². The minimum absolute atomic E-state index is 0.773. The van der Waals surface area contributed by atoms with Crippen LogP contribution in [0.2, 0.25) is 0 Å². The van der Waals surface area contributed by atoms with Gasteiger partial charge in [-0.15, -0.1) is 0 Å². The number of hydrogen-bond acceptors (Lipinski definition) is 5. The van der Waals surface area contributed by atoms with E-state index in [-0.39, 0.29) is 0 Å². The lowest BCUT2D eigenvalue weighted by Gasteiger charge is -2.33. The van der Waals surface area contributed by atoms with Crippen molar-refractivity contribution in [2.24, 2.45) is 5.92 Å². The third-order valence-corrected chi connectivity index (χ3v) is 4.95. The first-order valence-electron chi connectivity index (χ1n) is 8.66. The monoisotopic (exact) mass is 312 g/mol. The van der Waals surface area contributed by atoms with E-state index >= 15 is 0 Å². The van der Waals surface area contributed by atoms with Crippen molar-refractivity contribution in [3.63, 3.8) is 0 Å². The Kier molecular flexibility index (Phi) is 4.04. The molecule has 0 spiro atoms. The van der Waals surface area contributed by atoms with Gasteiger partial charge in [-0.05, 0) is 30.9 Å². The van der Waals surface area contributed by atoms with Crippen molar-refractivity contribution in [3.05, 3.63) is 24.3 Å². The zero-order valence-corrected chi connectivity index (χ0v) is 13.7. The number of hydrogen-bond donors (Lipinski definition) is 0. The molecule has 23 heavy (non-hydrogen) atoms. The standard InChI is InChI=1S/C18H24N4O/c1-14-6-8-22(9-7-14)18-19-16-5-3-2-4-15(16)17(20-18)21-10-12-23-13-11-21/h2-5,14H,6-13H2,1H3. The maximum absolute atomic E-state index is 5.50. The Balaban J connectivity index is 1.74. The van der Waals surface area contributed by atoms with Crippen LogP contribution in [0.25, 0.3) is 10.9 Å². The average Bonchev–Trinajstić information content (AvgIpc) is 2.62. The van der Waals surface area contributed by atoms with Gasteiger partial charge in [0.05, 0.1) is 18.7 Å². The number of piperidine rings is 1. The summed E-state index contributed by atoms with van der Waals surface area (Å²) in [6.07, 6.45) is 2.45. The third kappa shape index (κ3) is 2.98. The molecule has 0 saturated carbocycles. The van der Waals surface area contributed by atoms with Gasteiger partial charge < -0.3 is 14.5 Å². The fourth-order valence-electron chi connectivity index (χ4n) is 3.41. The first-order chi connectivity index (χ1) is 11.3. The Morgan fingerprint density at radius 3 is 2.48 bits per heavy atom. The molecule has 122 valence electrons. The molecule has 0 radical (unpaired) electrons. The summed E-state index contributed by atoms with van der Waals surface area (Å²) in [6.45, 7) is 7.79. The van der Waals surface area contributed by atoms with E-state index in [2.05, 4.69) is 41.0 Å². The van der Waals surface area contributed by atoms with Gasteiger partial charge in [-0.3, -0.25) is 0 Å². The predicted molar refractivity (Wildman–Crippen MR) is 93.2 cm³/mol. The van der Waals surface area contributed by atoms with Gasteiger partial charge in [0.15, 0.2) is 0 Å². The van der Waals surface area contributed by atoms with Crippen LogP contribution in [0.4, 0.5) is 11.8 Å². The molecule has 2 aliphatic rings. The molecule has 4 rings (SSSR count). The molecule has 2 saturated heterocycles. The molecular weight excluding hydrogens is 288 g/mol. The maximum atomic E-state index is 5.50. The third-order valence-electron chi connectivity index (χ3n) is 4.95. The summed E-state index contributed by atoms with van der Waals surface area (Å²) in [7, 11) is 0. The number of benzene rings is 1. The molecule has 0 atom stereocenters. The van der Waals surface area contributed by atoms with Gasteiger partial charge in [0, 0.05) is 31.6 Å². The molecule has 5 nitrogen and oxygen atoms in total. The van der Waals surface area contributed by atoms with Gasteiger partial charge in [-0.1, -0.05) is 19.1 Å². The summed E-state index contributed by atoms with van der Waals surface area (Å²) in [5.74, 6) is 2.76. The number of ether oxygens (including phenoxy) is 1. The van der Waals surface area contributed by atoms with Crippen molar-refractivity contribution in [1.29, 1.82) is 0 Å². The Hall–Kier alpha value is -1.88. The largest absolute Gasteiger partial charge is 0.378 e. The number of rotatable bonds is 2. The summed E-state index contributed by atoms with van der Waals surface area (Å²) >= 11 is 0. The fraction of sp³-hybridized carbons (Fsp3) is 0.556. The summed E-state index contributed by atoms with van der Waals surface area (Å²) < 4.78 is 5.50. The van der Waals surface area contributed by atoms with Crippen LogP contribution in [0.5, 0.6) is 0 Å². The predicted octanol–water partition coefficient (Wildman–Crippen LogP) is 2.70. The maximum Gasteiger partial charge on any atom is 0.227 e. The van der Waals surface area contributed by atoms with Crippen molar-refractivity contribution in [2.75, 3.05) is 49.2 Å². The van der Waals surface area contributed by atoms with Crippen molar-refractivity contribution in [3.8, 4) is 0 Å². The van der Waals surface area contributed by atoms with E-state index in [0.717, 1.165) is 68.0 Å². The molecule has 0 bridgehead atoms. The molecule has 1 aromatic carbocycles. The zero-order chi connectivity index (χ0) is 15.6. The van der Waals surface area contributed by atoms with Crippen molar-refractivity contribution >= 4 is 22.7 Å². The molecule has 0 amide bonds. The topological polar surface area (TPSA) is 41.5 Å². The normalized spacial score (nSPS) is 20.2. The van der Waals surface area contributed by atoms with Crippen LogP contribution in [0.3, 0.4) is 0 Å². The zero-order valence-electron chi connectivity index (χ0n) is 13.7. The minimum atomic E-state index is 0.773. The lowest BCUT2D eigenvalue weighted by molar-refractivity contribution is 0.122. The number of anilines is 2. The average molecular weight is 312 g/mol.